The fraction of sp³-hybridized carbons (Fsp3) is 0.222. The molecule has 8 heteroatoms. The quantitative estimate of drug-likeness (QED) is 0.566. The van der Waals surface area contributed by atoms with Crippen molar-refractivity contribution < 1.29 is 4.79 Å². The van der Waals surface area contributed by atoms with Crippen LogP contribution in [0.5, 0.6) is 0 Å². The van der Waals surface area contributed by atoms with Crippen LogP contribution in [0.15, 0.2) is 51.2 Å². The van der Waals surface area contributed by atoms with E-state index in [1.54, 1.807) is 18.5 Å². The highest BCUT2D eigenvalue weighted by molar-refractivity contribution is 9.10. The number of hydrogen-bond donors (Lipinski definition) is 2. The first-order valence-corrected chi connectivity index (χ1v) is 9.67. The number of H-pyrrole nitrogens is 1. The molecule has 134 valence electrons. The molecule has 0 radical (unpaired) electrons. The zero-order valence-corrected chi connectivity index (χ0v) is 17.0. The van der Waals surface area contributed by atoms with E-state index < -0.39 is 0 Å². The summed E-state index contributed by atoms with van der Waals surface area (Å²) in [5, 5.41) is 10.7. The summed E-state index contributed by atoms with van der Waals surface area (Å²) in [4.78, 5) is 22.0. The average molecular weight is 432 g/mol. The number of hydrogen-bond acceptors (Lipinski definition) is 5. The van der Waals surface area contributed by atoms with Gasteiger partial charge in [-0.2, -0.15) is 5.10 Å². The van der Waals surface area contributed by atoms with Gasteiger partial charge in [-0.15, -0.1) is 0 Å². The lowest BCUT2D eigenvalue weighted by molar-refractivity contribution is 0.102. The first-order chi connectivity index (χ1) is 12.5. The van der Waals surface area contributed by atoms with Gasteiger partial charge in [0.25, 0.3) is 5.91 Å². The van der Waals surface area contributed by atoms with Crippen molar-refractivity contribution in [3.05, 3.63) is 58.1 Å². The van der Waals surface area contributed by atoms with Gasteiger partial charge in [-0.25, -0.2) is 9.97 Å². The van der Waals surface area contributed by atoms with E-state index in [1.165, 1.54) is 11.8 Å². The molecular formula is C18H18BrN5OS. The van der Waals surface area contributed by atoms with E-state index >= 15 is 0 Å². The maximum atomic E-state index is 12.6. The second-order valence-corrected chi connectivity index (χ2v) is 7.85. The summed E-state index contributed by atoms with van der Waals surface area (Å²) in [5.41, 5.74) is 2.95. The predicted octanol–water partition coefficient (Wildman–Crippen LogP) is 4.80. The van der Waals surface area contributed by atoms with E-state index in [-0.39, 0.29) is 11.8 Å². The fourth-order valence-electron chi connectivity index (χ4n) is 2.34. The van der Waals surface area contributed by atoms with Gasteiger partial charge in [0.15, 0.2) is 10.9 Å². The lowest BCUT2D eigenvalue weighted by Crippen LogP contribution is -2.14. The number of aromatic amines is 1. The monoisotopic (exact) mass is 431 g/mol. The molecule has 26 heavy (non-hydrogen) atoms. The highest BCUT2D eigenvalue weighted by Crippen LogP contribution is 2.29. The van der Waals surface area contributed by atoms with Crippen molar-refractivity contribution in [3.63, 3.8) is 0 Å². The molecule has 3 aromatic rings. The Labute approximate surface area is 164 Å². The van der Waals surface area contributed by atoms with Crippen molar-refractivity contribution in [2.24, 2.45) is 0 Å². The van der Waals surface area contributed by atoms with Crippen LogP contribution in [-0.2, 0) is 0 Å². The van der Waals surface area contributed by atoms with E-state index in [4.69, 9.17) is 0 Å². The first-order valence-electron chi connectivity index (χ1n) is 8.06. The number of aromatic nitrogens is 4. The molecular weight excluding hydrogens is 414 g/mol. The third-order valence-corrected chi connectivity index (χ3v) is 5.41. The van der Waals surface area contributed by atoms with Crippen LogP contribution in [0.2, 0.25) is 0 Å². The van der Waals surface area contributed by atoms with Crippen LogP contribution in [0, 0.1) is 6.92 Å². The van der Waals surface area contributed by atoms with Crippen molar-refractivity contribution in [2.75, 3.05) is 5.32 Å². The third kappa shape index (κ3) is 4.13. The molecule has 0 spiro atoms. The smallest absolute Gasteiger partial charge is 0.277 e. The number of rotatable bonds is 5. The Kier molecular flexibility index (Phi) is 5.73. The molecule has 0 atom stereocenters. The van der Waals surface area contributed by atoms with Crippen LogP contribution in [0.25, 0.3) is 0 Å². The molecule has 0 fully saturated rings. The van der Waals surface area contributed by atoms with Gasteiger partial charge >= 0.3 is 0 Å². The molecule has 2 N–H and O–H groups in total. The van der Waals surface area contributed by atoms with E-state index in [0.29, 0.717) is 15.3 Å². The standard InChI is InChI=1S/C18H18BrN5OS/c1-10(2)15-14(19)16(24-23-15)17(25)22-13-6-5-12(9-11(13)3)26-18-20-7-4-8-21-18/h4-10H,1-3H3,(H,22,25)(H,23,24). The number of nitrogens with one attached hydrogen (secondary N) is 2. The minimum absolute atomic E-state index is 0.247. The van der Waals surface area contributed by atoms with E-state index in [9.17, 15) is 4.79 Å². The van der Waals surface area contributed by atoms with Crippen LogP contribution in [0.1, 0.15) is 41.5 Å². The van der Waals surface area contributed by atoms with Crippen molar-refractivity contribution >= 4 is 39.3 Å². The summed E-state index contributed by atoms with van der Waals surface area (Å²) in [6.45, 7) is 6.03. The highest BCUT2D eigenvalue weighted by atomic mass is 79.9. The lowest BCUT2D eigenvalue weighted by Gasteiger charge is -2.09. The summed E-state index contributed by atoms with van der Waals surface area (Å²) in [7, 11) is 0. The van der Waals surface area contributed by atoms with Crippen LogP contribution in [-0.4, -0.2) is 26.1 Å². The van der Waals surface area contributed by atoms with Crippen LogP contribution in [0.4, 0.5) is 5.69 Å². The second kappa shape index (κ2) is 8.01. The normalized spacial score (nSPS) is 11.0. The van der Waals surface area contributed by atoms with E-state index in [0.717, 1.165) is 21.8 Å². The molecule has 3 rings (SSSR count). The van der Waals surface area contributed by atoms with Gasteiger partial charge in [0.2, 0.25) is 0 Å². The summed E-state index contributed by atoms with van der Waals surface area (Å²) < 4.78 is 0.705. The molecule has 1 amide bonds. The molecule has 0 aliphatic rings. The minimum atomic E-state index is -0.255. The Balaban J connectivity index is 1.75. The molecule has 1 aromatic carbocycles. The number of halogens is 1. The molecule has 0 saturated heterocycles. The number of aryl methyl sites for hydroxylation is 1. The first kappa shape index (κ1) is 18.6. The van der Waals surface area contributed by atoms with Gasteiger partial charge in [-0.1, -0.05) is 13.8 Å². The zero-order valence-electron chi connectivity index (χ0n) is 14.6. The molecule has 0 unspecified atom stereocenters. The van der Waals surface area contributed by atoms with Gasteiger partial charge in [-0.05, 0) is 70.4 Å². The van der Waals surface area contributed by atoms with E-state index in [2.05, 4.69) is 41.4 Å². The van der Waals surface area contributed by atoms with Gasteiger partial charge in [0.1, 0.15) is 0 Å². The zero-order chi connectivity index (χ0) is 18.7. The van der Waals surface area contributed by atoms with Crippen LogP contribution in [0.3, 0.4) is 0 Å². The Morgan fingerprint density at radius 2 is 2.00 bits per heavy atom. The summed E-state index contributed by atoms with van der Waals surface area (Å²) in [6.07, 6.45) is 3.42. The van der Waals surface area contributed by atoms with Crippen LogP contribution >= 0.6 is 27.7 Å². The van der Waals surface area contributed by atoms with Gasteiger partial charge < -0.3 is 5.32 Å². The number of nitrogens with zero attached hydrogens (tertiary/aromatic N) is 3. The van der Waals surface area contributed by atoms with Crippen LogP contribution < -0.4 is 5.32 Å². The second-order valence-electron chi connectivity index (χ2n) is 6.02. The molecule has 0 aliphatic heterocycles. The number of benzene rings is 1. The van der Waals surface area contributed by atoms with Gasteiger partial charge in [0, 0.05) is 23.0 Å². The number of carbonyl (C=O) groups is 1. The maximum Gasteiger partial charge on any atom is 0.277 e. The number of anilines is 1. The summed E-state index contributed by atoms with van der Waals surface area (Å²) in [5.74, 6) is -0.00778. The topological polar surface area (TPSA) is 83.6 Å². The van der Waals surface area contributed by atoms with Crippen molar-refractivity contribution in [1.29, 1.82) is 0 Å². The van der Waals surface area contributed by atoms with Gasteiger partial charge in [0.05, 0.1) is 10.2 Å². The average Bonchev–Trinajstić information content (AvgIpc) is 3.00. The Morgan fingerprint density at radius 3 is 2.62 bits per heavy atom. The Hall–Kier alpha value is -2.19. The van der Waals surface area contributed by atoms with Crippen molar-refractivity contribution in [3.8, 4) is 0 Å². The molecule has 0 aliphatic carbocycles. The number of carbonyl (C=O) groups excluding carboxylic acids is 1. The maximum absolute atomic E-state index is 12.6. The predicted molar refractivity (Wildman–Crippen MR) is 106 cm³/mol. The molecule has 0 bridgehead atoms. The van der Waals surface area contributed by atoms with Gasteiger partial charge in [-0.3, -0.25) is 9.89 Å². The Morgan fingerprint density at radius 1 is 1.27 bits per heavy atom. The largest absolute Gasteiger partial charge is 0.320 e. The summed E-state index contributed by atoms with van der Waals surface area (Å²) >= 11 is 4.94. The van der Waals surface area contributed by atoms with Crippen molar-refractivity contribution in [1.82, 2.24) is 20.2 Å². The molecule has 6 nitrogen and oxygen atoms in total. The lowest BCUT2D eigenvalue weighted by atomic mass is 10.1. The molecule has 2 aromatic heterocycles. The van der Waals surface area contributed by atoms with E-state index in [1.807, 2.05) is 39.0 Å². The number of amides is 1. The highest BCUT2D eigenvalue weighted by Gasteiger charge is 2.19. The summed E-state index contributed by atoms with van der Waals surface area (Å²) in [6, 6.07) is 7.59. The Bertz CT molecular complexity index is 927. The fourth-order valence-corrected chi connectivity index (χ4v) is 3.96. The van der Waals surface area contributed by atoms with Crippen molar-refractivity contribution in [2.45, 2.75) is 36.7 Å². The third-order valence-electron chi connectivity index (χ3n) is 3.72. The molecule has 0 saturated carbocycles. The minimum Gasteiger partial charge on any atom is -0.320 e. The molecule has 2 heterocycles. The SMILES string of the molecule is Cc1cc(Sc2ncccn2)ccc1NC(=O)c1n[nH]c(C(C)C)c1Br.